The van der Waals surface area contributed by atoms with E-state index in [4.69, 9.17) is 6.42 Å². The summed E-state index contributed by atoms with van der Waals surface area (Å²) in [6.45, 7) is 1.71. The van der Waals surface area contributed by atoms with E-state index in [0.29, 0.717) is 0 Å². The maximum Gasteiger partial charge on any atom is 0.0464 e. The van der Waals surface area contributed by atoms with Crippen LogP contribution in [0.1, 0.15) is 6.92 Å². The number of benzene rings is 2. The molecule has 1 heteroatoms. The van der Waals surface area contributed by atoms with Gasteiger partial charge in [-0.1, -0.05) is 54.5 Å². The molecule has 22 heavy (non-hydrogen) atoms. The monoisotopic (exact) mass is 281 g/mol. The molecule has 2 aromatic carbocycles. The lowest BCUT2D eigenvalue weighted by molar-refractivity contribution is 1.45. The fourth-order valence-electron chi connectivity index (χ4n) is 1.98. The zero-order chi connectivity index (χ0) is 15.6. The summed E-state index contributed by atoms with van der Waals surface area (Å²) in [6.07, 6.45) is 4.78. The number of terminal acetylenes is 1. The molecule has 3 rings (SSSR count). The van der Waals surface area contributed by atoms with Crippen LogP contribution in [0.2, 0.25) is 0 Å². The van der Waals surface area contributed by atoms with Crippen LogP contribution in [0.15, 0.2) is 60.7 Å². The number of H-pyrrole nitrogens is 1. The number of hydrogen-bond donors (Lipinski definition) is 1. The minimum absolute atomic E-state index is 1.18. The lowest BCUT2D eigenvalue weighted by atomic mass is 10.1. The summed E-state index contributed by atoms with van der Waals surface area (Å²) in [7, 11) is 0. The fourth-order valence-corrected chi connectivity index (χ4v) is 1.98. The SMILES string of the molecule is C#CC#CC#CC.c1ccc(-c2cc3ccccc3[nH]2)cc1. The largest absolute Gasteiger partial charge is 0.355 e. The summed E-state index contributed by atoms with van der Waals surface area (Å²) < 4.78 is 0. The van der Waals surface area contributed by atoms with E-state index in [2.05, 4.69) is 83.1 Å². The summed E-state index contributed by atoms with van der Waals surface area (Å²) in [4.78, 5) is 3.41. The normalized spacial score (nSPS) is 8.36. The number of rotatable bonds is 1. The van der Waals surface area contributed by atoms with Crippen LogP contribution in [-0.2, 0) is 0 Å². The van der Waals surface area contributed by atoms with Crippen molar-refractivity contribution in [2.45, 2.75) is 6.92 Å². The Morgan fingerprint density at radius 2 is 1.59 bits per heavy atom. The molecule has 0 radical (unpaired) electrons. The van der Waals surface area contributed by atoms with Crippen LogP contribution in [0, 0.1) is 36.0 Å². The van der Waals surface area contributed by atoms with Gasteiger partial charge in [0.15, 0.2) is 0 Å². The number of fused-ring (bicyclic) bond motifs is 1. The third-order valence-electron chi connectivity index (χ3n) is 2.94. The molecule has 1 heterocycles. The summed E-state index contributed by atoms with van der Waals surface area (Å²) in [6, 6.07) is 20.9. The predicted octanol–water partition coefficient (Wildman–Crippen LogP) is 4.48. The second-order valence-corrected chi connectivity index (χ2v) is 4.41. The Balaban J connectivity index is 0.000000217. The van der Waals surface area contributed by atoms with E-state index >= 15 is 0 Å². The molecule has 0 saturated carbocycles. The van der Waals surface area contributed by atoms with Gasteiger partial charge in [0.05, 0.1) is 0 Å². The fraction of sp³-hybridized carbons (Fsp3) is 0.0476. The van der Waals surface area contributed by atoms with E-state index in [-0.39, 0.29) is 0 Å². The standard InChI is InChI=1S/C14H11N.C7H4/c1-2-6-11(7-3-1)14-10-12-8-4-5-9-13(12)15-14;1-3-5-7-6-4-2/h1-10,15H;1H,2H3. The minimum Gasteiger partial charge on any atom is -0.355 e. The summed E-state index contributed by atoms with van der Waals surface area (Å²) in [5.41, 5.74) is 3.60. The highest BCUT2D eigenvalue weighted by molar-refractivity contribution is 5.85. The van der Waals surface area contributed by atoms with E-state index in [1.165, 1.54) is 22.2 Å². The third-order valence-corrected chi connectivity index (χ3v) is 2.94. The molecule has 0 bridgehead atoms. The lowest BCUT2D eigenvalue weighted by Crippen LogP contribution is -1.74. The average molecular weight is 281 g/mol. The first kappa shape index (κ1) is 15.1. The first-order valence-corrected chi connectivity index (χ1v) is 6.85. The van der Waals surface area contributed by atoms with Crippen molar-refractivity contribution in [2.24, 2.45) is 0 Å². The van der Waals surface area contributed by atoms with Crippen molar-refractivity contribution in [1.29, 1.82) is 0 Å². The summed E-state index contributed by atoms with van der Waals surface area (Å²) in [5.74, 6) is 12.0. The molecule has 1 aromatic heterocycles. The lowest BCUT2D eigenvalue weighted by Gasteiger charge is -1.94. The van der Waals surface area contributed by atoms with Gasteiger partial charge in [-0.3, -0.25) is 0 Å². The van der Waals surface area contributed by atoms with Crippen LogP contribution in [-0.4, -0.2) is 4.98 Å². The quantitative estimate of drug-likeness (QED) is 0.633. The highest BCUT2D eigenvalue weighted by Gasteiger charge is 2.00. The van der Waals surface area contributed by atoms with Crippen LogP contribution in [0.25, 0.3) is 22.2 Å². The number of hydrogen-bond acceptors (Lipinski definition) is 0. The van der Waals surface area contributed by atoms with Crippen molar-refractivity contribution in [1.82, 2.24) is 4.98 Å². The van der Waals surface area contributed by atoms with Gasteiger partial charge in [0, 0.05) is 16.6 Å². The Morgan fingerprint density at radius 1 is 0.864 bits per heavy atom. The Bertz CT molecular complexity index is 868. The first-order chi connectivity index (χ1) is 10.8. The zero-order valence-electron chi connectivity index (χ0n) is 12.4. The second kappa shape index (κ2) is 8.06. The van der Waals surface area contributed by atoms with Crippen molar-refractivity contribution >= 4 is 10.9 Å². The maximum absolute atomic E-state index is 4.78. The molecule has 0 saturated heterocycles. The molecule has 0 fully saturated rings. The molecule has 0 amide bonds. The topological polar surface area (TPSA) is 15.8 Å². The van der Waals surface area contributed by atoms with Gasteiger partial charge in [-0.15, -0.1) is 6.42 Å². The van der Waals surface area contributed by atoms with Gasteiger partial charge >= 0.3 is 0 Å². The Labute approximate surface area is 131 Å². The number of para-hydroxylation sites is 1. The summed E-state index contributed by atoms with van der Waals surface area (Å²) >= 11 is 0. The van der Waals surface area contributed by atoms with Crippen molar-refractivity contribution < 1.29 is 0 Å². The van der Waals surface area contributed by atoms with Crippen LogP contribution < -0.4 is 0 Å². The van der Waals surface area contributed by atoms with E-state index < -0.39 is 0 Å². The van der Waals surface area contributed by atoms with E-state index in [1.807, 2.05) is 12.1 Å². The molecule has 3 aromatic rings. The van der Waals surface area contributed by atoms with Gasteiger partial charge in [-0.2, -0.15) is 0 Å². The van der Waals surface area contributed by atoms with Gasteiger partial charge in [0.2, 0.25) is 0 Å². The van der Waals surface area contributed by atoms with Gasteiger partial charge in [-0.05, 0) is 48.3 Å². The Hall–Kier alpha value is -3.34. The molecule has 0 aliphatic carbocycles. The van der Waals surface area contributed by atoms with Gasteiger partial charge in [-0.25, -0.2) is 0 Å². The number of aromatic amines is 1. The molecule has 0 aliphatic rings. The van der Waals surface area contributed by atoms with Crippen molar-refractivity contribution in [3.63, 3.8) is 0 Å². The maximum atomic E-state index is 4.78. The zero-order valence-corrected chi connectivity index (χ0v) is 12.4. The molecule has 0 spiro atoms. The number of nitrogens with one attached hydrogen (secondary N) is 1. The highest BCUT2D eigenvalue weighted by atomic mass is 14.7. The molecule has 104 valence electrons. The summed E-state index contributed by atoms with van der Waals surface area (Å²) in [5, 5.41) is 1.26. The highest BCUT2D eigenvalue weighted by Crippen LogP contribution is 2.23. The van der Waals surface area contributed by atoms with E-state index in [9.17, 15) is 0 Å². The van der Waals surface area contributed by atoms with Crippen molar-refractivity contribution in [2.75, 3.05) is 0 Å². The smallest absolute Gasteiger partial charge is 0.0464 e. The van der Waals surface area contributed by atoms with Gasteiger partial charge in [0.25, 0.3) is 0 Å². The molecular weight excluding hydrogens is 266 g/mol. The van der Waals surface area contributed by atoms with Crippen LogP contribution in [0.4, 0.5) is 0 Å². The third kappa shape index (κ3) is 4.08. The van der Waals surface area contributed by atoms with E-state index in [0.717, 1.165) is 0 Å². The van der Waals surface area contributed by atoms with Crippen LogP contribution in [0.3, 0.4) is 0 Å². The molecular formula is C21H15N. The van der Waals surface area contributed by atoms with Crippen molar-refractivity contribution in [3.8, 4) is 47.3 Å². The predicted molar refractivity (Wildman–Crippen MR) is 93.8 cm³/mol. The van der Waals surface area contributed by atoms with Crippen LogP contribution >= 0.6 is 0 Å². The first-order valence-electron chi connectivity index (χ1n) is 6.85. The number of aromatic nitrogens is 1. The van der Waals surface area contributed by atoms with Crippen molar-refractivity contribution in [3.05, 3.63) is 60.7 Å². The average Bonchev–Trinajstić information content (AvgIpc) is 3.01. The molecule has 1 N–H and O–H groups in total. The second-order valence-electron chi connectivity index (χ2n) is 4.41. The Morgan fingerprint density at radius 3 is 2.27 bits per heavy atom. The van der Waals surface area contributed by atoms with E-state index in [1.54, 1.807) is 6.92 Å². The molecule has 1 nitrogen and oxygen atoms in total. The van der Waals surface area contributed by atoms with Gasteiger partial charge < -0.3 is 4.98 Å². The Kier molecular flexibility index (Phi) is 5.52. The van der Waals surface area contributed by atoms with Crippen LogP contribution in [0.5, 0.6) is 0 Å². The minimum atomic E-state index is 1.18. The van der Waals surface area contributed by atoms with Gasteiger partial charge in [0.1, 0.15) is 0 Å². The molecule has 0 unspecified atom stereocenters. The molecule has 0 aliphatic heterocycles. The molecule has 0 atom stereocenters.